The second kappa shape index (κ2) is 11.9. The standard InChI is InChI=1S/C30H26I2N4O2/c31-17-23-11-10-22(16-24(23)18-32)29(37)35-14-12-34(13-15-35)28-25-8-4-5-9-27(25)36(30(38)26(28)19-33)20-21-6-2-1-3-7-21/h1-11,16H,12-15,17-18,20H2. The largest absolute Gasteiger partial charge is 0.366 e. The molecule has 1 aliphatic heterocycles. The molecule has 0 saturated carbocycles. The quantitative estimate of drug-likeness (QED) is 0.187. The molecule has 0 N–H and O–H groups in total. The molecule has 0 atom stereocenters. The summed E-state index contributed by atoms with van der Waals surface area (Å²) in [7, 11) is 0. The maximum Gasteiger partial charge on any atom is 0.271 e. The molecule has 3 aromatic carbocycles. The highest BCUT2D eigenvalue weighted by Gasteiger charge is 2.27. The molecule has 38 heavy (non-hydrogen) atoms. The minimum atomic E-state index is -0.287. The second-order valence-electron chi connectivity index (χ2n) is 9.26. The molecule has 1 aliphatic rings. The van der Waals surface area contributed by atoms with Crippen LogP contribution in [0.2, 0.25) is 0 Å². The normalized spacial score (nSPS) is 13.5. The fourth-order valence-corrected chi connectivity index (χ4v) is 6.53. The average molecular weight is 728 g/mol. The van der Waals surface area contributed by atoms with Gasteiger partial charge >= 0.3 is 0 Å². The summed E-state index contributed by atoms with van der Waals surface area (Å²) in [5.74, 6) is 0.0272. The molecule has 1 saturated heterocycles. The van der Waals surface area contributed by atoms with E-state index in [-0.39, 0.29) is 17.0 Å². The van der Waals surface area contributed by atoms with Crippen molar-refractivity contribution < 1.29 is 4.79 Å². The highest BCUT2D eigenvalue weighted by Crippen LogP contribution is 2.30. The molecule has 8 heteroatoms. The Morgan fingerprint density at radius 1 is 0.868 bits per heavy atom. The van der Waals surface area contributed by atoms with Crippen LogP contribution in [-0.4, -0.2) is 41.6 Å². The van der Waals surface area contributed by atoms with E-state index in [1.165, 1.54) is 11.1 Å². The molecule has 6 nitrogen and oxygen atoms in total. The third-order valence-electron chi connectivity index (χ3n) is 7.07. The number of nitrogens with zero attached hydrogens (tertiary/aromatic N) is 4. The number of benzene rings is 3. The number of carbonyl (C=O) groups is 1. The van der Waals surface area contributed by atoms with E-state index in [9.17, 15) is 14.9 Å². The predicted octanol–water partition coefficient (Wildman–Crippen LogP) is 5.75. The lowest BCUT2D eigenvalue weighted by Gasteiger charge is -2.37. The number of aromatic nitrogens is 1. The first-order chi connectivity index (χ1) is 18.5. The van der Waals surface area contributed by atoms with Crippen LogP contribution in [0.1, 0.15) is 32.6 Å². The minimum Gasteiger partial charge on any atom is -0.366 e. The molecule has 2 heterocycles. The summed E-state index contributed by atoms with van der Waals surface area (Å²) in [6, 6.07) is 25.8. The first-order valence-corrected chi connectivity index (χ1v) is 15.5. The van der Waals surface area contributed by atoms with Crippen LogP contribution < -0.4 is 10.5 Å². The van der Waals surface area contributed by atoms with Gasteiger partial charge in [0.2, 0.25) is 0 Å². The number of halogens is 2. The molecular formula is C30H26I2N4O2. The lowest BCUT2D eigenvalue weighted by atomic mass is 10.0. The van der Waals surface area contributed by atoms with E-state index in [1.807, 2.05) is 71.6 Å². The van der Waals surface area contributed by atoms with E-state index < -0.39 is 0 Å². The van der Waals surface area contributed by atoms with Gasteiger partial charge < -0.3 is 14.4 Å². The maximum atomic E-state index is 13.6. The van der Waals surface area contributed by atoms with Gasteiger partial charge in [-0.3, -0.25) is 9.59 Å². The van der Waals surface area contributed by atoms with Gasteiger partial charge in [0.05, 0.1) is 17.7 Å². The number of nitriles is 1. The molecule has 0 spiro atoms. The van der Waals surface area contributed by atoms with Crippen molar-refractivity contribution in [2.75, 3.05) is 31.1 Å². The van der Waals surface area contributed by atoms with Crippen LogP contribution >= 0.6 is 45.2 Å². The molecule has 4 aromatic rings. The monoisotopic (exact) mass is 728 g/mol. The molecule has 5 rings (SSSR count). The van der Waals surface area contributed by atoms with Gasteiger partial charge in [-0.2, -0.15) is 5.26 Å². The zero-order chi connectivity index (χ0) is 26.6. The highest BCUT2D eigenvalue weighted by molar-refractivity contribution is 14.1. The SMILES string of the molecule is N#Cc1c(N2CCN(C(=O)c3ccc(CI)c(CI)c3)CC2)c2ccccc2n(Cc2ccccc2)c1=O. The lowest BCUT2D eigenvalue weighted by Crippen LogP contribution is -2.49. The van der Waals surface area contributed by atoms with Crippen molar-refractivity contribution in [2.24, 2.45) is 0 Å². The van der Waals surface area contributed by atoms with Crippen molar-refractivity contribution in [1.82, 2.24) is 9.47 Å². The van der Waals surface area contributed by atoms with Crippen LogP contribution in [0.4, 0.5) is 5.69 Å². The summed E-state index contributed by atoms with van der Waals surface area (Å²) < 4.78 is 3.48. The number of piperazine rings is 1. The van der Waals surface area contributed by atoms with Gasteiger partial charge in [-0.1, -0.05) is 99.8 Å². The van der Waals surface area contributed by atoms with E-state index in [2.05, 4.69) is 62.2 Å². The number of hydrogen-bond donors (Lipinski definition) is 0. The Morgan fingerprint density at radius 3 is 2.24 bits per heavy atom. The molecular weight excluding hydrogens is 702 g/mol. The molecule has 0 aliphatic carbocycles. The summed E-state index contributed by atoms with van der Waals surface area (Å²) in [5.41, 5.74) is 5.51. The van der Waals surface area contributed by atoms with Gasteiger partial charge in [0.1, 0.15) is 11.6 Å². The third-order valence-corrected chi connectivity index (χ3v) is 8.71. The Bertz CT molecular complexity index is 1590. The van der Waals surface area contributed by atoms with Crippen LogP contribution in [0, 0.1) is 11.3 Å². The molecule has 0 unspecified atom stereocenters. The van der Waals surface area contributed by atoms with Gasteiger partial charge in [0.25, 0.3) is 11.5 Å². The van der Waals surface area contributed by atoms with Crippen LogP contribution in [0.3, 0.4) is 0 Å². The fraction of sp³-hybridized carbons (Fsp3) is 0.233. The number of amides is 1. The third kappa shape index (κ3) is 5.18. The number of pyridine rings is 1. The number of hydrogen-bond acceptors (Lipinski definition) is 4. The van der Waals surface area contributed by atoms with Gasteiger partial charge in [-0.25, -0.2) is 0 Å². The van der Waals surface area contributed by atoms with Crippen molar-refractivity contribution in [3.8, 4) is 6.07 Å². The number of para-hydroxylation sites is 1. The Morgan fingerprint density at radius 2 is 1.55 bits per heavy atom. The van der Waals surface area contributed by atoms with E-state index in [0.29, 0.717) is 44.0 Å². The molecule has 0 bridgehead atoms. The van der Waals surface area contributed by atoms with Crippen molar-refractivity contribution in [3.63, 3.8) is 0 Å². The Kier molecular flexibility index (Phi) is 8.33. The van der Waals surface area contributed by atoms with E-state index in [1.54, 1.807) is 4.57 Å². The molecule has 0 radical (unpaired) electrons. The van der Waals surface area contributed by atoms with E-state index in [0.717, 1.165) is 25.3 Å². The predicted molar refractivity (Wildman–Crippen MR) is 168 cm³/mol. The van der Waals surface area contributed by atoms with E-state index in [4.69, 9.17) is 0 Å². The van der Waals surface area contributed by atoms with E-state index >= 15 is 0 Å². The Balaban J connectivity index is 1.44. The first kappa shape index (κ1) is 26.7. The second-order valence-corrected chi connectivity index (χ2v) is 10.8. The smallest absolute Gasteiger partial charge is 0.271 e. The van der Waals surface area contributed by atoms with Gasteiger partial charge in [-0.15, -0.1) is 0 Å². The molecule has 1 fully saturated rings. The number of anilines is 1. The summed E-state index contributed by atoms with van der Waals surface area (Å²) >= 11 is 4.69. The van der Waals surface area contributed by atoms with Gasteiger partial charge in [-0.05, 0) is 34.9 Å². The number of fused-ring (bicyclic) bond motifs is 1. The van der Waals surface area contributed by atoms with Crippen LogP contribution in [0.15, 0.2) is 77.6 Å². The average Bonchev–Trinajstić information content (AvgIpc) is 2.98. The fourth-order valence-electron chi connectivity index (χ4n) is 5.07. The summed E-state index contributed by atoms with van der Waals surface area (Å²) in [4.78, 5) is 30.9. The van der Waals surface area contributed by atoms with Crippen LogP contribution in [0.5, 0.6) is 0 Å². The Labute approximate surface area is 249 Å². The molecule has 1 amide bonds. The lowest BCUT2D eigenvalue weighted by molar-refractivity contribution is 0.0746. The highest BCUT2D eigenvalue weighted by atomic mass is 127. The summed E-state index contributed by atoms with van der Waals surface area (Å²) in [6.07, 6.45) is 0. The van der Waals surface area contributed by atoms with Crippen LogP contribution in [-0.2, 0) is 15.4 Å². The van der Waals surface area contributed by atoms with Gasteiger partial charge in [0, 0.05) is 46.0 Å². The van der Waals surface area contributed by atoms with Crippen molar-refractivity contribution in [1.29, 1.82) is 5.26 Å². The topological polar surface area (TPSA) is 69.3 Å². The minimum absolute atomic E-state index is 0.0272. The molecule has 192 valence electrons. The Hall–Kier alpha value is -2.91. The number of carbonyl (C=O) groups excluding carboxylic acids is 1. The zero-order valence-corrected chi connectivity index (χ0v) is 25.1. The molecule has 1 aromatic heterocycles. The number of rotatable bonds is 6. The summed E-state index contributed by atoms with van der Waals surface area (Å²) in [6.45, 7) is 2.56. The van der Waals surface area contributed by atoms with Crippen molar-refractivity contribution in [3.05, 3.63) is 111 Å². The van der Waals surface area contributed by atoms with Crippen molar-refractivity contribution in [2.45, 2.75) is 15.4 Å². The van der Waals surface area contributed by atoms with Crippen LogP contribution in [0.25, 0.3) is 10.9 Å². The zero-order valence-electron chi connectivity index (χ0n) is 20.7. The first-order valence-electron chi connectivity index (χ1n) is 12.4. The van der Waals surface area contributed by atoms with Gasteiger partial charge in [0.15, 0.2) is 0 Å². The number of alkyl halides is 2. The summed E-state index contributed by atoms with van der Waals surface area (Å²) in [5, 5.41) is 11.0. The maximum absolute atomic E-state index is 13.6. The van der Waals surface area contributed by atoms with Crippen molar-refractivity contribution >= 4 is 67.7 Å².